The largest absolute Gasteiger partial charge is 0.290 e. The monoisotopic (exact) mass is 276 g/mol. The molecule has 21 heavy (non-hydrogen) atoms. The summed E-state index contributed by atoms with van der Waals surface area (Å²) in [5.74, 6) is 0.855. The Morgan fingerprint density at radius 2 is 1.86 bits per heavy atom. The van der Waals surface area contributed by atoms with Gasteiger partial charge in [0.05, 0.1) is 11.5 Å². The minimum absolute atomic E-state index is 0.0163. The molecule has 0 saturated heterocycles. The van der Waals surface area contributed by atoms with Crippen LogP contribution in [0.3, 0.4) is 0 Å². The highest BCUT2D eigenvalue weighted by Gasteiger charge is 2.59. The summed E-state index contributed by atoms with van der Waals surface area (Å²) in [6, 6.07) is 6.14. The Labute approximate surface area is 122 Å². The van der Waals surface area contributed by atoms with Gasteiger partial charge in [0.1, 0.15) is 0 Å². The number of ketones is 2. The lowest BCUT2D eigenvalue weighted by atomic mass is 9.60. The van der Waals surface area contributed by atoms with E-state index < -0.39 is 0 Å². The van der Waals surface area contributed by atoms with Gasteiger partial charge in [-0.2, -0.15) is 4.57 Å². The van der Waals surface area contributed by atoms with Gasteiger partial charge in [0.15, 0.2) is 29.5 Å². The molecular weight excluding hydrogens is 262 g/mol. The van der Waals surface area contributed by atoms with Crippen molar-refractivity contribution < 1.29 is 14.2 Å². The second kappa shape index (κ2) is 3.67. The number of nitrogens with zero attached hydrogens (tertiary/aromatic N) is 1. The summed E-state index contributed by atoms with van der Waals surface area (Å²) in [6.07, 6.45) is 10.4. The lowest BCUT2D eigenvalue weighted by Crippen LogP contribution is -2.60. The molecule has 0 spiro atoms. The Hall–Kier alpha value is -2.29. The zero-order valence-corrected chi connectivity index (χ0v) is 11.4. The highest BCUT2D eigenvalue weighted by Crippen LogP contribution is 2.56. The summed E-state index contributed by atoms with van der Waals surface area (Å²) in [5.41, 5.74) is 2.68. The molecule has 0 fully saturated rings. The van der Waals surface area contributed by atoms with Crippen molar-refractivity contribution in [1.82, 2.24) is 0 Å². The van der Waals surface area contributed by atoms with Crippen LogP contribution in [0.4, 0.5) is 0 Å². The molecular formula is C18H14NO2+. The van der Waals surface area contributed by atoms with E-state index in [0.29, 0.717) is 11.8 Å². The molecule has 4 unspecified atom stereocenters. The molecule has 0 aromatic carbocycles. The molecule has 2 aliphatic heterocycles. The first-order valence-corrected chi connectivity index (χ1v) is 7.45. The lowest BCUT2D eigenvalue weighted by Gasteiger charge is -2.43. The number of hydrogen-bond acceptors (Lipinski definition) is 2. The van der Waals surface area contributed by atoms with Crippen molar-refractivity contribution in [2.75, 3.05) is 0 Å². The summed E-state index contributed by atoms with van der Waals surface area (Å²) < 4.78 is 2.22. The molecule has 4 atom stereocenters. The Bertz CT molecular complexity index is 799. The van der Waals surface area contributed by atoms with Crippen LogP contribution in [0.2, 0.25) is 0 Å². The zero-order valence-electron chi connectivity index (χ0n) is 11.4. The zero-order chi connectivity index (χ0) is 14.1. The van der Waals surface area contributed by atoms with Gasteiger partial charge < -0.3 is 0 Å². The molecule has 2 bridgehead atoms. The maximum Gasteiger partial charge on any atom is 0.191 e. The molecule has 1 aromatic rings. The Morgan fingerprint density at radius 1 is 1.05 bits per heavy atom. The molecule has 0 amide bonds. The van der Waals surface area contributed by atoms with E-state index in [2.05, 4.69) is 29.0 Å². The van der Waals surface area contributed by atoms with E-state index in [1.807, 2.05) is 12.1 Å². The summed E-state index contributed by atoms with van der Waals surface area (Å²) in [6.45, 7) is 0. The fourth-order valence-electron chi connectivity index (χ4n) is 4.70. The molecule has 1 aromatic heterocycles. The first-order chi connectivity index (χ1) is 10.3. The second-order valence-electron chi connectivity index (χ2n) is 6.25. The SMILES string of the molecule is O=C1C=CC(=O)C2=C1C1c3cccc[n+]3C2C2CC=CC12. The maximum absolute atomic E-state index is 12.4. The van der Waals surface area contributed by atoms with Gasteiger partial charge in [-0.1, -0.05) is 18.2 Å². The molecule has 6 rings (SSSR count). The van der Waals surface area contributed by atoms with Gasteiger partial charge >= 0.3 is 0 Å². The van der Waals surface area contributed by atoms with Crippen molar-refractivity contribution in [2.24, 2.45) is 11.8 Å². The number of allylic oxidation sites excluding steroid dienone is 6. The van der Waals surface area contributed by atoms with E-state index in [1.165, 1.54) is 17.8 Å². The first-order valence-electron chi connectivity index (χ1n) is 7.45. The predicted molar refractivity (Wildman–Crippen MR) is 75.3 cm³/mol. The van der Waals surface area contributed by atoms with Crippen molar-refractivity contribution in [1.29, 1.82) is 0 Å². The normalized spacial score (nSPS) is 35.0. The van der Waals surface area contributed by atoms with Crippen LogP contribution in [0.1, 0.15) is 24.1 Å². The molecule has 0 saturated carbocycles. The maximum atomic E-state index is 12.4. The molecule has 3 aliphatic carbocycles. The van der Waals surface area contributed by atoms with E-state index in [9.17, 15) is 9.59 Å². The Morgan fingerprint density at radius 3 is 2.71 bits per heavy atom. The van der Waals surface area contributed by atoms with Crippen LogP contribution >= 0.6 is 0 Å². The van der Waals surface area contributed by atoms with Crippen molar-refractivity contribution in [2.45, 2.75) is 18.4 Å². The molecule has 0 N–H and O–H groups in total. The van der Waals surface area contributed by atoms with Crippen LogP contribution in [0, 0.1) is 11.8 Å². The molecule has 102 valence electrons. The average molecular weight is 276 g/mol. The summed E-state index contributed by atoms with van der Waals surface area (Å²) in [4.78, 5) is 24.9. The van der Waals surface area contributed by atoms with Crippen molar-refractivity contribution >= 4 is 11.6 Å². The third kappa shape index (κ3) is 1.23. The standard InChI is InChI=1S/C18H14NO2/c20-13-7-8-14(21)17-16(13)15-10-4-3-5-11(10)18(17)19-9-2-1-6-12(15)19/h1-4,6-11,15,18H,5H2/q+1. The number of carbonyl (C=O) groups is 2. The average Bonchev–Trinajstić information content (AvgIpc) is 3.00. The van der Waals surface area contributed by atoms with E-state index in [-0.39, 0.29) is 23.5 Å². The highest BCUT2D eigenvalue weighted by atomic mass is 16.1. The topological polar surface area (TPSA) is 38.0 Å². The first kappa shape index (κ1) is 11.4. The smallest absolute Gasteiger partial charge is 0.191 e. The highest BCUT2D eigenvalue weighted by molar-refractivity contribution is 6.21. The third-order valence-electron chi connectivity index (χ3n) is 5.41. The van der Waals surface area contributed by atoms with Gasteiger partial charge in [0, 0.05) is 29.5 Å². The van der Waals surface area contributed by atoms with E-state index in [4.69, 9.17) is 0 Å². The van der Waals surface area contributed by atoms with Crippen molar-refractivity contribution in [3.05, 3.63) is 65.5 Å². The van der Waals surface area contributed by atoms with Crippen LogP contribution in [-0.4, -0.2) is 11.6 Å². The van der Waals surface area contributed by atoms with Gasteiger partial charge in [-0.25, -0.2) is 0 Å². The minimum atomic E-state index is 0.0163. The van der Waals surface area contributed by atoms with E-state index in [0.717, 1.165) is 17.6 Å². The second-order valence-corrected chi connectivity index (χ2v) is 6.25. The molecule has 0 radical (unpaired) electrons. The summed E-state index contributed by atoms with van der Waals surface area (Å²) in [7, 11) is 0. The van der Waals surface area contributed by atoms with Crippen molar-refractivity contribution in [3.8, 4) is 0 Å². The molecule has 3 heteroatoms. The number of carbonyl (C=O) groups excluding carboxylic acids is 2. The van der Waals surface area contributed by atoms with Gasteiger partial charge in [-0.3, -0.25) is 9.59 Å². The lowest BCUT2D eigenvalue weighted by molar-refractivity contribution is -0.738. The Kier molecular flexibility index (Phi) is 1.99. The number of pyridine rings is 1. The van der Waals surface area contributed by atoms with Gasteiger partial charge in [-0.15, -0.1) is 0 Å². The quantitative estimate of drug-likeness (QED) is 0.412. The molecule has 3 nitrogen and oxygen atoms in total. The predicted octanol–water partition coefficient (Wildman–Crippen LogP) is 1.82. The number of rotatable bonds is 0. The van der Waals surface area contributed by atoms with Gasteiger partial charge in [0.2, 0.25) is 0 Å². The molecule has 3 heterocycles. The van der Waals surface area contributed by atoms with E-state index in [1.54, 1.807) is 0 Å². The van der Waals surface area contributed by atoms with Crippen LogP contribution in [0.5, 0.6) is 0 Å². The summed E-state index contributed by atoms with van der Waals surface area (Å²) >= 11 is 0. The van der Waals surface area contributed by atoms with Crippen molar-refractivity contribution in [3.63, 3.8) is 0 Å². The van der Waals surface area contributed by atoms with Gasteiger partial charge in [0.25, 0.3) is 0 Å². The third-order valence-corrected chi connectivity index (χ3v) is 5.41. The minimum Gasteiger partial charge on any atom is -0.290 e. The molecule has 5 aliphatic rings. The Balaban J connectivity index is 1.85. The van der Waals surface area contributed by atoms with Crippen LogP contribution in [-0.2, 0) is 9.59 Å². The fraction of sp³-hybridized carbons (Fsp3) is 0.278. The van der Waals surface area contributed by atoms with E-state index >= 15 is 0 Å². The van der Waals surface area contributed by atoms with Gasteiger partial charge in [-0.05, 0) is 18.6 Å². The fourth-order valence-corrected chi connectivity index (χ4v) is 4.70. The number of hydrogen-bond donors (Lipinski definition) is 0. The summed E-state index contributed by atoms with van der Waals surface area (Å²) in [5, 5.41) is 0. The van der Waals surface area contributed by atoms with Crippen LogP contribution in [0.25, 0.3) is 0 Å². The van der Waals surface area contributed by atoms with Crippen LogP contribution < -0.4 is 4.57 Å². The number of aromatic nitrogens is 1. The van der Waals surface area contributed by atoms with Crippen LogP contribution in [0.15, 0.2) is 59.8 Å².